The number of rotatable bonds is 4. The molecule has 0 amide bonds. The largest absolute Gasteiger partial charge is 0.459 e. The van der Waals surface area contributed by atoms with E-state index in [1.807, 2.05) is 39.0 Å². The normalized spacial score (nSPS) is 13.2. The summed E-state index contributed by atoms with van der Waals surface area (Å²) < 4.78 is 6.08. The van der Waals surface area contributed by atoms with Crippen LogP contribution < -0.4 is 0 Å². The molecule has 1 unspecified atom stereocenters. The van der Waals surface area contributed by atoms with Gasteiger partial charge in [-0.25, -0.2) is 0 Å². The number of benzene rings is 1. The number of aliphatic hydroxyl groups is 1. The molecule has 0 spiro atoms. The summed E-state index contributed by atoms with van der Waals surface area (Å²) in [6.07, 6.45) is -0.515. The summed E-state index contributed by atoms with van der Waals surface area (Å²) >= 11 is 4.83. The Kier molecular flexibility index (Phi) is 5.89. The zero-order chi connectivity index (χ0) is 14.6. The summed E-state index contributed by atoms with van der Waals surface area (Å²) in [5.41, 5.74) is 0.385. The van der Waals surface area contributed by atoms with E-state index in [-0.39, 0.29) is 11.7 Å². The number of aliphatic hydroxyl groups excluding tert-OH is 1. The van der Waals surface area contributed by atoms with E-state index < -0.39 is 11.7 Å². The summed E-state index contributed by atoms with van der Waals surface area (Å²) in [6.45, 7) is 7.27. The highest BCUT2D eigenvalue weighted by Crippen LogP contribution is 2.29. The monoisotopic (exact) mass is 346 g/mol. The molecule has 0 fully saturated rings. The summed E-state index contributed by atoms with van der Waals surface area (Å²) in [7, 11) is 0. The Balaban J connectivity index is 2.59. The zero-order valence-corrected chi connectivity index (χ0v) is 14.0. The molecule has 1 atom stereocenters. The van der Waals surface area contributed by atoms with Crippen LogP contribution in [0.15, 0.2) is 27.6 Å². The van der Waals surface area contributed by atoms with Crippen molar-refractivity contribution in [3.63, 3.8) is 0 Å². The SMILES string of the molecule is CC(O)c1ccc(SCC(=O)OC(C)(C)C)cc1Br. The van der Waals surface area contributed by atoms with Crippen molar-refractivity contribution in [3.8, 4) is 0 Å². The molecule has 1 N–H and O–H groups in total. The maximum absolute atomic E-state index is 11.6. The quantitative estimate of drug-likeness (QED) is 0.662. The Bertz CT molecular complexity index is 452. The average molecular weight is 347 g/mol. The summed E-state index contributed by atoms with van der Waals surface area (Å²) in [6, 6.07) is 5.64. The Morgan fingerprint density at radius 2 is 2.11 bits per heavy atom. The molecule has 0 aliphatic rings. The number of thioether (sulfide) groups is 1. The van der Waals surface area contributed by atoms with Gasteiger partial charge in [-0.3, -0.25) is 4.79 Å². The number of esters is 1. The van der Waals surface area contributed by atoms with E-state index >= 15 is 0 Å². The minimum atomic E-state index is -0.515. The highest BCUT2D eigenvalue weighted by atomic mass is 79.9. The lowest BCUT2D eigenvalue weighted by molar-refractivity contribution is -0.151. The molecule has 1 aromatic carbocycles. The van der Waals surface area contributed by atoms with Gasteiger partial charge in [0.15, 0.2) is 0 Å². The summed E-state index contributed by atoms with van der Waals surface area (Å²) in [4.78, 5) is 12.6. The minimum Gasteiger partial charge on any atom is -0.459 e. The van der Waals surface area contributed by atoms with Crippen molar-refractivity contribution in [1.29, 1.82) is 0 Å². The molecular formula is C14H19BrO3S. The Hall–Kier alpha value is -0.520. The third-order valence-corrected chi connectivity index (χ3v) is 3.85. The van der Waals surface area contributed by atoms with Gasteiger partial charge in [0.05, 0.1) is 11.9 Å². The molecule has 0 aliphatic heterocycles. The molecule has 5 heteroatoms. The van der Waals surface area contributed by atoms with Crippen LogP contribution in [0.25, 0.3) is 0 Å². The molecule has 0 radical (unpaired) electrons. The van der Waals surface area contributed by atoms with Crippen molar-refractivity contribution in [2.45, 2.75) is 44.3 Å². The van der Waals surface area contributed by atoms with Gasteiger partial charge >= 0.3 is 5.97 Å². The second-order valence-electron chi connectivity index (χ2n) is 5.23. The highest BCUT2D eigenvalue weighted by Gasteiger charge is 2.16. The zero-order valence-electron chi connectivity index (χ0n) is 11.6. The van der Waals surface area contributed by atoms with Gasteiger partial charge in [0, 0.05) is 9.37 Å². The van der Waals surface area contributed by atoms with Crippen LogP contribution in [0.3, 0.4) is 0 Å². The summed E-state index contributed by atoms with van der Waals surface area (Å²) in [5, 5.41) is 9.53. The Morgan fingerprint density at radius 1 is 1.47 bits per heavy atom. The van der Waals surface area contributed by atoms with Gasteiger partial charge in [0.25, 0.3) is 0 Å². The van der Waals surface area contributed by atoms with Crippen molar-refractivity contribution in [2.24, 2.45) is 0 Å². The van der Waals surface area contributed by atoms with Gasteiger partial charge in [-0.15, -0.1) is 11.8 Å². The average Bonchev–Trinajstić information content (AvgIpc) is 2.23. The second-order valence-corrected chi connectivity index (χ2v) is 7.14. The topological polar surface area (TPSA) is 46.5 Å². The van der Waals surface area contributed by atoms with Gasteiger partial charge in [-0.05, 0) is 45.4 Å². The highest BCUT2D eigenvalue weighted by molar-refractivity contribution is 9.10. The lowest BCUT2D eigenvalue weighted by atomic mass is 10.1. The first kappa shape index (κ1) is 16.5. The molecule has 0 bridgehead atoms. The first-order valence-electron chi connectivity index (χ1n) is 6.01. The van der Waals surface area contributed by atoms with Crippen molar-refractivity contribution in [2.75, 3.05) is 5.75 Å². The lowest BCUT2D eigenvalue weighted by Crippen LogP contribution is -2.24. The fourth-order valence-electron chi connectivity index (χ4n) is 1.45. The summed E-state index contributed by atoms with van der Waals surface area (Å²) in [5.74, 6) is 0.0470. The second kappa shape index (κ2) is 6.77. The Morgan fingerprint density at radius 3 is 2.58 bits per heavy atom. The first-order valence-corrected chi connectivity index (χ1v) is 7.79. The third-order valence-electron chi connectivity index (χ3n) is 2.20. The fourth-order valence-corrected chi connectivity index (χ4v) is 3.02. The molecule has 106 valence electrons. The van der Waals surface area contributed by atoms with Gasteiger partial charge in [-0.2, -0.15) is 0 Å². The molecule has 1 rings (SSSR count). The molecule has 1 aromatic rings. The van der Waals surface area contributed by atoms with Crippen molar-refractivity contribution in [3.05, 3.63) is 28.2 Å². The number of hydrogen-bond acceptors (Lipinski definition) is 4. The van der Waals surface area contributed by atoms with E-state index in [0.29, 0.717) is 0 Å². The standard InChI is InChI=1S/C14H19BrO3S/c1-9(16)11-6-5-10(7-12(11)15)19-8-13(17)18-14(2,3)4/h5-7,9,16H,8H2,1-4H3. The Labute approximate surface area is 126 Å². The van der Waals surface area contributed by atoms with E-state index in [4.69, 9.17) is 4.74 Å². The molecule has 0 saturated heterocycles. The van der Waals surface area contributed by atoms with Gasteiger partial charge in [-0.1, -0.05) is 22.0 Å². The fraction of sp³-hybridized carbons (Fsp3) is 0.500. The van der Waals surface area contributed by atoms with Gasteiger partial charge in [0.1, 0.15) is 5.60 Å². The van der Waals surface area contributed by atoms with Crippen LogP contribution in [-0.2, 0) is 9.53 Å². The molecule has 0 heterocycles. The minimum absolute atomic E-state index is 0.228. The molecule has 0 aliphatic carbocycles. The number of hydrogen-bond donors (Lipinski definition) is 1. The smallest absolute Gasteiger partial charge is 0.316 e. The van der Waals surface area contributed by atoms with Crippen LogP contribution in [0, 0.1) is 0 Å². The van der Waals surface area contributed by atoms with Crippen LogP contribution >= 0.6 is 27.7 Å². The first-order chi connectivity index (χ1) is 8.69. The van der Waals surface area contributed by atoms with Gasteiger partial charge in [0.2, 0.25) is 0 Å². The number of halogens is 1. The molecule has 0 saturated carbocycles. The van der Waals surface area contributed by atoms with Crippen molar-refractivity contribution < 1.29 is 14.6 Å². The molecule has 0 aromatic heterocycles. The van der Waals surface area contributed by atoms with E-state index in [0.717, 1.165) is 14.9 Å². The number of carbonyl (C=O) groups is 1. The van der Waals surface area contributed by atoms with Crippen LogP contribution in [0.1, 0.15) is 39.4 Å². The van der Waals surface area contributed by atoms with E-state index in [2.05, 4.69) is 15.9 Å². The third kappa shape index (κ3) is 5.97. The number of carbonyl (C=O) groups excluding carboxylic acids is 1. The van der Waals surface area contributed by atoms with Crippen LogP contribution in [0.4, 0.5) is 0 Å². The van der Waals surface area contributed by atoms with Crippen LogP contribution in [-0.4, -0.2) is 22.4 Å². The maximum Gasteiger partial charge on any atom is 0.316 e. The van der Waals surface area contributed by atoms with Crippen molar-refractivity contribution in [1.82, 2.24) is 0 Å². The van der Waals surface area contributed by atoms with Crippen LogP contribution in [0.2, 0.25) is 0 Å². The predicted octanol–water partition coefficient (Wildman–Crippen LogP) is 3.94. The van der Waals surface area contributed by atoms with E-state index in [9.17, 15) is 9.90 Å². The molecular weight excluding hydrogens is 328 g/mol. The van der Waals surface area contributed by atoms with E-state index in [1.54, 1.807) is 6.92 Å². The van der Waals surface area contributed by atoms with Crippen molar-refractivity contribution >= 4 is 33.7 Å². The number of ether oxygens (including phenoxy) is 1. The van der Waals surface area contributed by atoms with E-state index in [1.165, 1.54) is 11.8 Å². The lowest BCUT2D eigenvalue weighted by Gasteiger charge is -2.19. The molecule has 3 nitrogen and oxygen atoms in total. The van der Waals surface area contributed by atoms with Gasteiger partial charge < -0.3 is 9.84 Å². The predicted molar refractivity (Wildman–Crippen MR) is 81.3 cm³/mol. The van der Waals surface area contributed by atoms with Crippen LogP contribution in [0.5, 0.6) is 0 Å². The maximum atomic E-state index is 11.6. The molecule has 19 heavy (non-hydrogen) atoms.